The first kappa shape index (κ1) is 11.1. The van der Waals surface area contributed by atoms with Crippen molar-refractivity contribution < 1.29 is 14.3 Å². The maximum atomic E-state index is 11.4. The van der Waals surface area contributed by atoms with Crippen LogP contribution in [0.4, 0.5) is 0 Å². The number of hydrogen-bond donors (Lipinski definition) is 0. The fourth-order valence-electron chi connectivity index (χ4n) is 1.86. The molecule has 1 aliphatic heterocycles. The van der Waals surface area contributed by atoms with Crippen LogP contribution in [-0.2, 0) is 4.74 Å². The van der Waals surface area contributed by atoms with Gasteiger partial charge in [-0.2, -0.15) is 0 Å². The Labute approximate surface area is 107 Å². The van der Waals surface area contributed by atoms with Crippen LogP contribution >= 0.6 is 11.3 Å². The van der Waals surface area contributed by atoms with Crippen molar-refractivity contribution in [2.24, 2.45) is 0 Å². The fourth-order valence-corrected chi connectivity index (χ4v) is 2.87. The van der Waals surface area contributed by atoms with Gasteiger partial charge in [-0.25, -0.2) is 14.6 Å². The summed E-state index contributed by atoms with van der Waals surface area (Å²) in [6.45, 7) is 3.96. The van der Waals surface area contributed by atoms with E-state index in [0.717, 1.165) is 16.7 Å². The minimum atomic E-state index is -0.650. The standard InChI is InChI=1S/C13H9NO3S/c1-6-3-4-7(2)8(5-6)11-14-9-10(18-11)13(16)17-12(9)15/h3-5H,1-2H3. The molecule has 0 N–H and O–H groups in total. The number of benzene rings is 1. The van der Waals surface area contributed by atoms with Gasteiger partial charge >= 0.3 is 11.9 Å². The third kappa shape index (κ3) is 1.55. The molecule has 0 bridgehead atoms. The van der Waals surface area contributed by atoms with Crippen LogP contribution in [0.5, 0.6) is 0 Å². The Bertz CT molecular complexity index is 656. The highest BCUT2D eigenvalue weighted by Gasteiger charge is 2.34. The van der Waals surface area contributed by atoms with E-state index in [-0.39, 0.29) is 5.69 Å². The van der Waals surface area contributed by atoms with Gasteiger partial charge in [0.2, 0.25) is 0 Å². The summed E-state index contributed by atoms with van der Waals surface area (Å²) < 4.78 is 4.49. The Balaban J connectivity index is 2.17. The number of rotatable bonds is 1. The number of aromatic nitrogens is 1. The topological polar surface area (TPSA) is 56.3 Å². The molecule has 2 heterocycles. The maximum Gasteiger partial charge on any atom is 0.366 e. The Hall–Kier alpha value is -2.01. The predicted octanol–water partition coefficient (Wildman–Crippen LogP) is 2.74. The molecule has 0 saturated heterocycles. The van der Waals surface area contributed by atoms with Crippen molar-refractivity contribution in [1.82, 2.24) is 4.98 Å². The average Bonchev–Trinajstić information content (AvgIpc) is 2.86. The van der Waals surface area contributed by atoms with Crippen molar-refractivity contribution in [2.45, 2.75) is 13.8 Å². The molecule has 1 aromatic heterocycles. The van der Waals surface area contributed by atoms with E-state index in [1.54, 1.807) is 0 Å². The van der Waals surface area contributed by atoms with Gasteiger partial charge in [-0.1, -0.05) is 17.7 Å². The van der Waals surface area contributed by atoms with Crippen molar-refractivity contribution >= 4 is 23.3 Å². The lowest BCUT2D eigenvalue weighted by molar-refractivity contribution is 0.0443. The third-order valence-corrected chi connectivity index (χ3v) is 3.88. The number of hydrogen-bond acceptors (Lipinski definition) is 5. The summed E-state index contributed by atoms with van der Waals surface area (Å²) in [5.41, 5.74) is 3.27. The van der Waals surface area contributed by atoms with E-state index < -0.39 is 11.9 Å². The number of fused-ring (bicyclic) bond motifs is 1. The first-order valence-corrected chi connectivity index (χ1v) is 6.23. The highest BCUT2D eigenvalue weighted by Crippen LogP contribution is 2.34. The molecule has 0 atom stereocenters. The Morgan fingerprint density at radius 1 is 1.17 bits per heavy atom. The molecule has 3 rings (SSSR count). The van der Waals surface area contributed by atoms with Crippen molar-refractivity contribution in [1.29, 1.82) is 0 Å². The van der Waals surface area contributed by atoms with Gasteiger partial charge < -0.3 is 4.74 Å². The van der Waals surface area contributed by atoms with Crippen LogP contribution in [-0.4, -0.2) is 16.9 Å². The van der Waals surface area contributed by atoms with Crippen LogP contribution < -0.4 is 0 Å². The molecular formula is C13H9NO3S. The van der Waals surface area contributed by atoms with Crippen LogP contribution in [0, 0.1) is 13.8 Å². The van der Waals surface area contributed by atoms with Crippen LogP contribution in [0.15, 0.2) is 18.2 Å². The number of nitrogens with zero attached hydrogens (tertiary/aromatic N) is 1. The zero-order valence-electron chi connectivity index (χ0n) is 9.81. The lowest BCUT2D eigenvalue weighted by atomic mass is 10.1. The number of cyclic esters (lactones) is 2. The van der Waals surface area contributed by atoms with Crippen molar-refractivity contribution in [3.8, 4) is 10.6 Å². The SMILES string of the molecule is Cc1ccc(C)c(-c2nc3c(s2)C(=O)OC3=O)c1. The van der Waals surface area contributed by atoms with Gasteiger partial charge in [-0.15, -0.1) is 11.3 Å². The van der Waals surface area contributed by atoms with Crippen LogP contribution in [0.2, 0.25) is 0 Å². The molecule has 0 spiro atoms. The van der Waals surface area contributed by atoms with Gasteiger partial charge in [-0.3, -0.25) is 0 Å². The summed E-state index contributed by atoms with van der Waals surface area (Å²) in [5, 5.41) is 0.686. The maximum absolute atomic E-state index is 11.4. The summed E-state index contributed by atoms with van der Waals surface area (Å²) in [6, 6.07) is 6.01. The minimum Gasteiger partial charge on any atom is -0.384 e. The summed E-state index contributed by atoms with van der Waals surface area (Å²) in [7, 11) is 0. The number of ether oxygens (including phenoxy) is 1. The number of carbonyl (C=O) groups excluding carboxylic acids is 2. The van der Waals surface area contributed by atoms with Gasteiger partial charge in [0.15, 0.2) is 5.69 Å². The zero-order chi connectivity index (χ0) is 12.9. The minimum absolute atomic E-state index is 0.140. The van der Waals surface area contributed by atoms with E-state index in [1.807, 2.05) is 32.0 Å². The van der Waals surface area contributed by atoms with Crippen LogP contribution in [0.1, 0.15) is 31.3 Å². The van der Waals surface area contributed by atoms with Crippen molar-refractivity contribution in [2.75, 3.05) is 0 Å². The van der Waals surface area contributed by atoms with E-state index >= 15 is 0 Å². The molecule has 0 fully saturated rings. The lowest BCUT2D eigenvalue weighted by Crippen LogP contribution is -1.99. The molecule has 18 heavy (non-hydrogen) atoms. The van der Waals surface area contributed by atoms with Crippen LogP contribution in [0.25, 0.3) is 10.6 Å². The first-order valence-electron chi connectivity index (χ1n) is 5.41. The predicted molar refractivity (Wildman–Crippen MR) is 66.8 cm³/mol. The smallest absolute Gasteiger partial charge is 0.366 e. The van der Waals surface area contributed by atoms with Crippen LogP contribution in [0.3, 0.4) is 0 Å². The van der Waals surface area contributed by atoms with Gasteiger partial charge in [-0.05, 0) is 25.5 Å². The lowest BCUT2D eigenvalue weighted by Gasteiger charge is -2.03. The molecule has 90 valence electrons. The average molecular weight is 259 g/mol. The zero-order valence-corrected chi connectivity index (χ0v) is 10.6. The molecule has 1 aliphatic rings. The summed E-state index contributed by atoms with van der Waals surface area (Å²) in [5.74, 6) is -1.24. The quantitative estimate of drug-likeness (QED) is 0.583. The van der Waals surface area contributed by atoms with Gasteiger partial charge in [0.25, 0.3) is 0 Å². The molecule has 0 aliphatic carbocycles. The largest absolute Gasteiger partial charge is 0.384 e. The second-order valence-electron chi connectivity index (χ2n) is 4.19. The Morgan fingerprint density at radius 2 is 1.94 bits per heavy atom. The summed E-state index contributed by atoms with van der Waals surface area (Å²) in [6.07, 6.45) is 0. The molecule has 5 heteroatoms. The third-order valence-electron chi connectivity index (χ3n) is 2.81. The van der Waals surface area contributed by atoms with E-state index in [4.69, 9.17) is 0 Å². The number of aryl methyl sites for hydroxylation is 2. The van der Waals surface area contributed by atoms with Gasteiger partial charge in [0.05, 0.1) is 0 Å². The molecule has 1 aromatic carbocycles. The monoisotopic (exact) mass is 259 g/mol. The number of thiazole rings is 1. The molecular weight excluding hydrogens is 250 g/mol. The molecule has 0 radical (unpaired) electrons. The van der Waals surface area contributed by atoms with E-state index in [9.17, 15) is 9.59 Å². The second-order valence-corrected chi connectivity index (χ2v) is 5.19. The molecule has 2 aromatic rings. The second kappa shape index (κ2) is 3.74. The first-order chi connectivity index (χ1) is 8.56. The van der Waals surface area contributed by atoms with Crippen molar-refractivity contribution in [3.63, 3.8) is 0 Å². The molecule has 0 saturated carbocycles. The highest BCUT2D eigenvalue weighted by molar-refractivity contribution is 7.17. The fraction of sp³-hybridized carbons (Fsp3) is 0.154. The number of esters is 2. The normalized spacial score (nSPS) is 13.7. The van der Waals surface area contributed by atoms with Crippen molar-refractivity contribution in [3.05, 3.63) is 39.9 Å². The molecule has 0 amide bonds. The molecule has 0 unspecified atom stereocenters. The highest BCUT2D eigenvalue weighted by atomic mass is 32.1. The van der Waals surface area contributed by atoms with Gasteiger partial charge in [0.1, 0.15) is 9.88 Å². The van der Waals surface area contributed by atoms with E-state index in [0.29, 0.717) is 9.88 Å². The summed E-state index contributed by atoms with van der Waals surface area (Å²) >= 11 is 1.20. The van der Waals surface area contributed by atoms with Gasteiger partial charge in [0, 0.05) is 5.56 Å². The number of carbonyl (C=O) groups is 2. The molecule has 4 nitrogen and oxygen atoms in total. The summed E-state index contributed by atoms with van der Waals surface area (Å²) in [4.78, 5) is 27.3. The van der Waals surface area contributed by atoms with E-state index in [1.165, 1.54) is 11.3 Å². The Kier molecular flexibility index (Phi) is 2.31. The Morgan fingerprint density at radius 3 is 2.67 bits per heavy atom. The van der Waals surface area contributed by atoms with E-state index in [2.05, 4.69) is 9.72 Å².